The van der Waals surface area contributed by atoms with Gasteiger partial charge in [-0.2, -0.15) is 0 Å². The predicted molar refractivity (Wildman–Crippen MR) is 77.0 cm³/mol. The first-order valence-corrected chi connectivity index (χ1v) is 6.94. The molecule has 1 aromatic carbocycles. The number of rotatable bonds is 2. The Bertz CT molecular complexity index is 581. The number of carboxylic acid groups (broad SMARTS) is 1. The van der Waals surface area contributed by atoms with Crippen LogP contribution in [-0.4, -0.2) is 35.1 Å². The standard InChI is InChI=1S/C14H16ClFN2O3/c1-14(12(19)20)5-2-6-18(8-14)13(21)17-11-4-3-9(16)7-10(11)15/h3-4,7H,2,5-6,8H2,1H3,(H,17,21)(H,19,20). The molecule has 2 N–H and O–H groups in total. The number of urea groups is 1. The van der Waals surface area contributed by atoms with Crippen molar-refractivity contribution in [3.63, 3.8) is 0 Å². The maximum absolute atomic E-state index is 13.0. The minimum Gasteiger partial charge on any atom is -0.481 e. The molecule has 1 atom stereocenters. The number of carboxylic acids is 1. The molecule has 2 amide bonds. The fourth-order valence-corrected chi connectivity index (χ4v) is 2.59. The Hall–Kier alpha value is -1.82. The normalized spacial score (nSPS) is 22.0. The highest BCUT2D eigenvalue weighted by atomic mass is 35.5. The summed E-state index contributed by atoms with van der Waals surface area (Å²) >= 11 is 5.85. The largest absolute Gasteiger partial charge is 0.481 e. The molecule has 7 heteroatoms. The number of benzene rings is 1. The van der Waals surface area contributed by atoms with Gasteiger partial charge in [0, 0.05) is 13.1 Å². The Kier molecular flexibility index (Phi) is 4.37. The first-order valence-electron chi connectivity index (χ1n) is 6.56. The third kappa shape index (κ3) is 3.44. The van der Waals surface area contributed by atoms with E-state index in [0.717, 1.165) is 6.07 Å². The molecule has 21 heavy (non-hydrogen) atoms. The lowest BCUT2D eigenvalue weighted by atomic mass is 9.82. The summed E-state index contributed by atoms with van der Waals surface area (Å²) in [6, 6.07) is 3.24. The van der Waals surface area contributed by atoms with Gasteiger partial charge in [0.1, 0.15) is 5.82 Å². The highest BCUT2D eigenvalue weighted by molar-refractivity contribution is 6.33. The molecule has 1 heterocycles. The number of halogens is 2. The molecule has 0 spiro atoms. The molecule has 114 valence electrons. The van der Waals surface area contributed by atoms with Crippen LogP contribution >= 0.6 is 11.6 Å². The van der Waals surface area contributed by atoms with Crippen LogP contribution in [0.5, 0.6) is 0 Å². The van der Waals surface area contributed by atoms with Crippen LogP contribution in [0.3, 0.4) is 0 Å². The lowest BCUT2D eigenvalue weighted by Crippen LogP contribution is -2.49. The van der Waals surface area contributed by atoms with Gasteiger partial charge in [-0.25, -0.2) is 9.18 Å². The topological polar surface area (TPSA) is 69.6 Å². The van der Waals surface area contributed by atoms with E-state index in [0.29, 0.717) is 25.1 Å². The predicted octanol–water partition coefficient (Wildman–Crippen LogP) is 3.20. The molecule has 0 radical (unpaired) electrons. The number of hydrogen-bond donors (Lipinski definition) is 2. The van der Waals surface area contributed by atoms with Crippen LogP contribution in [0.1, 0.15) is 19.8 Å². The average molecular weight is 315 g/mol. The first-order chi connectivity index (χ1) is 9.82. The second-order valence-electron chi connectivity index (χ2n) is 5.45. The van der Waals surface area contributed by atoms with Gasteiger partial charge in [-0.3, -0.25) is 4.79 Å². The molecule has 1 fully saturated rings. The molecule has 0 aromatic heterocycles. The van der Waals surface area contributed by atoms with Gasteiger partial charge in [0.05, 0.1) is 16.1 Å². The third-order valence-electron chi connectivity index (χ3n) is 3.67. The lowest BCUT2D eigenvalue weighted by molar-refractivity contribution is -0.150. The van der Waals surface area contributed by atoms with Crippen molar-refractivity contribution in [2.24, 2.45) is 5.41 Å². The Morgan fingerprint density at radius 3 is 2.81 bits per heavy atom. The number of aliphatic carboxylic acids is 1. The fraction of sp³-hybridized carbons (Fsp3) is 0.429. The summed E-state index contributed by atoms with van der Waals surface area (Å²) in [5.41, 5.74) is -0.645. The maximum Gasteiger partial charge on any atom is 0.321 e. The molecule has 2 rings (SSSR count). The molecule has 1 saturated heterocycles. The maximum atomic E-state index is 13.0. The molecule has 1 aromatic rings. The highest BCUT2D eigenvalue weighted by Crippen LogP contribution is 2.30. The van der Waals surface area contributed by atoms with Crippen LogP contribution in [0, 0.1) is 11.2 Å². The van der Waals surface area contributed by atoms with E-state index in [1.165, 1.54) is 17.0 Å². The van der Waals surface area contributed by atoms with E-state index in [-0.39, 0.29) is 11.6 Å². The van der Waals surface area contributed by atoms with E-state index in [4.69, 9.17) is 11.6 Å². The number of amides is 2. The molecule has 1 unspecified atom stereocenters. The second kappa shape index (κ2) is 5.89. The SMILES string of the molecule is CC1(C(=O)O)CCCN(C(=O)Nc2ccc(F)cc2Cl)C1. The summed E-state index contributed by atoms with van der Waals surface area (Å²) in [5, 5.41) is 11.9. The van der Waals surface area contributed by atoms with Crippen molar-refractivity contribution in [3.05, 3.63) is 29.0 Å². The van der Waals surface area contributed by atoms with Gasteiger partial charge >= 0.3 is 12.0 Å². The van der Waals surface area contributed by atoms with E-state index >= 15 is 0 Å². The summed E-state index contributed by atoms with van der Waals surface area (Å²) in [4.78, 5) is 24.9. The zero-order valence-electron chi connectivity index (χ0n) is 11.5. The van der Waals surface area contributed by atoms with Gasteiger partial charge < -0.3 is 15.3 Å². The molecule has 0 saturated carbocycles. The number of piperidine rings is 1. The highest BCUT2D eigenvalue weighted by Gasteiger charge is 2.39. The number of nitrogens with one attached hydrogen (secondary N) is 1. The summed E-state index contributed by atoms with van der Waals surface area (Å²) in [5.74, 6) is -1.41. The Morgan fingerprint density at radius 2 is 2.19 bits per heavy atom. The van der Waals surface area contributed by atoms with Gasteiger partial charge in [-0.15, -0.1) is 0 Å². The van der Waals surface area contributed by atoms with Crippen molar-refractivity contribution in [2.75, 3.05) is 18.4 Å². The fourth-order valence-electron chi connectivity index (χ4n) is 2.37. The van der Waals surface area contributed by atoms with Crippen LogP contribution < -0.4 is 5.32 Å². The monoisotopic (exact) mass is 314 g/mol. The van der Waals surface area contributed by atoms with Gasteiger partial charge in [0.15, 0.2) is 0 Å². The van der Waals surface area contributed by atoms with E-state index in [1.54, 1.807) is 6.92 Å². The van der Waals surface area contributed by atoms with E-state index < -0.39 is 23.2 Å². The zero-order chi connectivity index (χ0) is 15.6. The van der Waals surface area contributed by atoms with E-state index in [9.17, 15) is 19.1 Å². The molecule has 5 nitrogen and oxygen atoms in total. The number of anilines is 1. The van der Waals surface area contributed by atoms with Crippen LogP contribution in [0.4, 0.5) is 14.9 Å². The van der Waals surface area contributed by atoms with Gasteiger partial charge in [0.25, 0.3) is 0 Å². The Labute approximate surface area is 126 Å². The molecule has 0 bridgehead atoms. The van der Waals surface area contributed by atoms with Crippen molar-refractivity contribution in [3.8, 4) is 0 Å². The van der Waals surface area contributed by atoms with Crippen molar-refractivity contribution in [1.29, 1.82) is 0 Å². The van der Waals surface area contributed by atoms with Crippen LogP contribution in [-0.2, 0) is 4.79 Å². The number of hydrogen-bond acceptors (Lipinski definition) is 2. The summed E-state index contributed by atoms with van der Waals surface area (Å²) in [6.07, 6.45) is 1.15. The molecule has 1 aliphatic rings. The van der Waals surface area contributed by atoms with Crippen molar-refractivity contribution < 1.29 is 19.1 Å². The van der Waals surface area contributed by atoms with Crippen molar-refractivity contribution >= 4 is 29.3 Å². The Morgan fingerprint density at radius 1 is 1.48 bits per heavy atom. The molecular weight excluding hydrogens is 299 g/mol. The van der Waals surface area contributed by atoms with Crippen molar-refractivity contribution in [1.82, 2.24) is 4.90 Å². The minimum atomic E-state index is -0.942. The van der Waals surface area contributed by atoms with Crippen LogP contribution in [0.25, 0.3) is 0 Å². The summed E-state index contributed by atoms with van der Waals surface area (Å²) in [6.45, 7) is 2.24. The lowest BCUT2D eigenvalue weighted by Gasteiger charge is -2.37. The summed E-state index contributed by atoms with van der Waals surface area (Å²) < 4.78 is 13.0. The van der Waals surface area contributed by atoms with Crippen molar-refractivity contribution in [2.45, 2.75) is 19.8 Å². The molecular formula is C14H16ClFN2O3. The third-order valence-corrected chi connectivity index (χ3v) is 3.99. The molecule has 0 aliphatic carbocycles. The van der Waals surface area contributed by atoms with Crippen LogP contribution in [0.15, 0.2) is 18.2 Å². The molecule has 1 aliphatic heterocycles. The number of likely N-dealkylation sites (tertiary alicyclic amines) is 1. The number of nitrogens with zero attached hydrogens (tertiary/aromatic N) is 1. The zero-order valence-corrected chi connectivity index (χ0v) is 12.3. The van der Waals surface area contributed by atoms with E-state index in [1.807, 2.05) is 0 Å². The van der Waals surface area contributed by atoms with Gasteiger partial charge in [-0.1, -0.05) is 11.6 Å². The van der Waals surface area contributed by atoms with Gasteiger partial charge in [0.2, 0.25) is 0 Å². The Balaban J connectivity index is 2.08. The second-order valence-corrected chi connectivity index (χ2v) is 5.85. The first kappa shape index (κ1) is 15.6. The number of carbonyl (C=O) groups excluding carboxylic acids is 1. The van der Waals surface area contributed by atoms with Crippen LogP contribution in [0.2, 0.25) is 5.02 Å². The smallest absolute Gasteiger partial charge is 0.321 e. The minimum absolute atomic E-state index is 0.0985. The summed E-state index contributed by atoms with van der Waals surface area (Å²) in [7, 11) is 0. The number of carbonyl (C=O) groups is 2. The van der Waals surface area contributed by atoms with Gasteiger partial charge in [-0.05, 0) is 38.0 Å². The quantitative estimate of drug-likeness (QED) is 0.880. The van der Waals surface area contributed by atoms with E-state index in [2.05, 4.69) is 5.32 Å². The average Bonchev–Trinajstić information content (AvgIpc) is 2.41.